The van der Waals surface area contributed by atoms with Crippen LogP contribution < -0.4 is 10.2 Å². The monoisotopic (exact) mass is 357 g/mol. The Bertz CT molecular complexity index is 918. The predicted octanol–water partition coefficient (Wildman–Crippen LogP) is 4.33. The zero-order valence-corrected chi connectivity index (χ0v) is 14.7. The molecule has 1 aromatic heterocycles. The summed E-state index contributed by atoms with van der Waals surface area (Å²) in [6.07, 6.45) is 0. The largest absolute Gasteiger partial charge is 0.346 e. The van der Waals surface area contributed by atoms with E-state index in [1.807, 2.05) is 18.2 Å². The summed E-state index contributed by atoms with van der Waals surface area (Å²) < 4.78 is 1.19. The third-order valence-electron chi connectivity index (χ3n) is 4.15. The molecule has 3 aromatic rings. The molecule has 0 radical (unpaired) electrons. The minimum atomic E-state index is -0.0160. The minimum Gasteiger partial charge on any atom is -0.346 e. The van der Waals surface area contributed by atoms with E-state index in [2.05, 4.69) is 34.3 Å². The second-order valence-corrected chi connectivity index (χ2v) is 7.51. The van der Waals surface area contributed by atoms with E-state index in [9.17, 15) is 4.79 Å². The summed E-state index contributed by atoms with van der Waals surface area (Å²) in [6.45, 7) is 3.48. The van der Waals surface area contributed by atoms with E-state index in [0.29, 0.717) is 18.1 Å². The Morgan fingerprint density at radius 1 is 1.29 bits per heavy atom. The summed E-state index contributed by atoms with van der Waals surface area (Å²) >= 11 is 7.62. The Morgan fingerprint density at radius 3 is 2.92 bits per heavy atom. The first-order chi connectivity index (χ1) is 11.6. The summed E-state index contributed by atoms with van der Waals surface area (Å²) in [5.74, 6) is 0.0169. The Kier molecular flexibility index (Phi) is 3.90. The van der Waals surface area contributed by atoms with Crippen LogP contribution in [-0.4, -0.2) is 24.0 Å². The Balaban J connectivity index is 1.40. The van der Waals surface area contributed by atoms with Gasteiger partial charge in [0.05, 0.1) is 16.1 Å². The molecule has 6 heteroatoms. The number of aryl methyl sites for hydroxylation is 1. The number of halogens is 1. The summed E-state index contributed by atoms with van der Waals surface area (Å²) in [7, 11) is 0. The van der Waals surface area contributed by atoms with Gasteiger partial charge >= 0.3 is 0 Å². The van der Waals surface area contributed by atoms with Crippen LogP contribution in [0.15, 0.2) is 42.5 Å². The number of aromatic nitrogens is 1. The molecule has 1 aliphatic rings. The SMILES string of the molecule is Cc1ccc2nc(N3CC(C(=O)Nc4cccc(Cl)c4)C3)sc2c1. The average molecular weight is 358 g/mol. The lowest BCUT2D eigenvalue weighted by Gasteiger charge is -2.37. The number of carbonyl (C=O) groups is 1. The number of hydrogen-bond donors (Lipinski definition) is 1. The van der Waals surface area contributed by atoms with Gasteiger partial charge in [-0.15, -0.1) is 0 Å². The lowest BCUT2D eigenvalue weighted by atomic mass is 10.00. The molecule has 0 saturated carbocycles. The summed E-state index contributed by atoms with van der Waals surface area (Å²) in [4.78, 5) is 19.1. The van der Waals surface area contributed by atoms with Crippen LogP contribution >= 0.6 is 22.9 Å². The molecule has 122 valence electrons. The highest BCUT2D eigenvalue weighted by atomic mass is 35.5. The highest BCUT2D eigenvalue weighted by molar-refractivity contribution is 7.22. The van der Waals surface area contributed by atoms with Crippen molar-refractivity contribution in [1.29, 1.82) is 0 Å². The van der Waals surface area contributed by atoms with Crippen molar-refractivity contribution in [1.82, 2.24) is 4.98 Å². The van der Waals surface area contributed by atoms with Gasteiger partial charge in [-0.2, -0.15) is 0 Å². The number of nitrogens with zero attached hydrogens (tertiary/aromatic N) is 2. The van der Waals surface area contributed by atoms with Crippen LogP contribution in [0.5, 0.6) is 0 Å². The second-order valence-electron chi connectivity index (χ2n) is 6.07. The quantitative estimate of drug-likeness (QED) is 0.758. The van der Waals surface area contributed by atoms with Gasteiger partial charge in [-0.3, -0.25) is 4.79 Å². The van der Waals surface area contributed by atoms with E-state index >= 15 is 0 Å². The molecule has 1 amide bonds. The van der Waals surface area contributed by atoms with Gasteiger partial charge in [0.15, 0.2) is 5.13 Å². The van der Waals surface area contributed by atoms with Crippen molar-refractivity contribution in [2.75, 3.05) is 23.3 Å². The van der Waals surface area contributed by atoms with Gasteiger partial charge < -0.3 is 10.2 Å². The van der Waals surface area contributed by atoms with Crippen LogP contribution in [0.3, 0.4) is 0 Å². The molecule has 0 spiro atoms. The fourth-order valence-electron chi connectivity index (χ4n) is 2.77. The van der Waals surface area contributed by atoms with E-state index in [1.165, 1.54) is 10.3 Å². The fourth-order valence-corrected chi connectivity index (χ4v) is 4.04. The van der Waals surface area contributed by atoms with Crippen LogP contribution in [-0.2, 0) is 4.79 Å². The van der Waals surface area contributed by atoms with E-state index in [1.54, 1.807) is 23.5 Å². The van der Waals surface area contributed by atoms with E-state index < -0.39 is 0 Å². The average Bonchev–Trinajstić information content (AvgIpc) is 2.88. The van der Waals surface area contributed by atoms with Gasteiger partial charge in [-0.05, 0) is 42.8 Å². The zero-order valence-electron chi connectivity index (χ0n) is 13.1. The molecule has 4 rings (SSSR count). The first kappa shape index (κ1) is 15.4. The number of carbonyl (C=O) groups excluding carboxylic acids is 1. The lowest BCUT2D eigenvalue weighted by molar-refractivity contribution is -0.120. The van der Waals surface area contributed by atoms with Gasteiger partial charge in [-0.1, -0.05) is 35.1 Å². The molecule has 0 bridgehead atoms. The van der Waals surface area contributed by atoms with Crippen LogP contribution in [0.25, 0.3) is 10.2 Å². The van der Waals surface area contributed by atoms with Crippen LogP contribution in [0.2, 0.25) is 5.02 Å². The van der Waals surface area contributed by atoms with Crippen molar-refractivity contribution in [2.45, 2.75) is 6.92 Å². The highest BCUT2D eigenvalue weighted by Gasteiger charge is 2.34. The summed E-state index contributed by atoms with van der Waals surface area (Å²) in [5.41, 5.74) is 2.99. The molecule has 1 N–H and O–H groups in total. The molecule has 1 aliphatic heterocycles. The molecular formula is C18H16ClN3OS. The number of benzene rings is 2. The maximum atomic E-state index is 12.3. The van der Waals surface area contributed by atoms with Gasteiger partial charge in [-0.25, -0.2) is 4.98 Å². The Hall–Kier alpha value is -2.11. The summed E-state index contributed by atoms with van der Waals surface area (Å²) in [5, 5.41) is 4.53. The van der Waals surface area contributed by atoms with Crippen molar-refractivity contribution in [3.05, 3.63) is 53.1 Å². The minimum absolute atomic E-state index is 0.0160. The van der Waals surface area contributed by atoms with Crippen LogP contribution in [0.4, 0.5) is 10.8 Å². The van der Waals surface area contributed by atoms with Gasteiger partial charge in [0, 0.05) is 23.8 Å². The molecule has 0 aliphatic carbocycles. The Labute approximate surface area is 149 Å². The van der Waals surface area contributed by atoms with Gasteiger partial charge in [0.25, 0.3) is 0 Å². The maximum Gasteiger partial charge on any atom is 0.231 e. The molecule has 4 nitrogen and oxygen atoms in total. The maximum absolute atomic E-state index is 12.3. The highest BCUT2D eigenvalue weighted by Crippen LogP contribution is 2.33. The molecule has 1 fully saturated rings. The second kappa shape index (κ2) is 6.07. The first-order valence-electron chi connectivity index (χ1n) is 7.77. The number of anilines is 2. The van der Waals surface area contributed by atoms with Crippen molar-refractivity contribution >= 4 is 49.9 Å². The fraction of sp³-hybridized carbons (Fsp3) is 0.222. The lowest BCUT2D eigenvalue weighted by Crippen LogP contribution is -2.52. The number of thiazole rings is 1. The van der Waals surface area contributed by atoms with E-state index in [-0.39, 0.29) is 11.8 Å². The number of amides is 1. The van der Waals surface area contributed by atoms with Crippen molar-refractivity contribution in [3.63, 3.8) is 0 Å². The third kappa shape index (κ3) is 2.97. The van der Waals surface area contributed by atoms with Gasteiger partial charge in [0.1, 0.15) is 0 Å². The van der Waals surface area contributed by atoms with Crippen LogP contribution in [0.1, 0.15) is 5.56 Å². The Morgan fingerprint density at radius 2 is 2.12 bits per heavy atom. The van der Waals surface area contributed by atoms with Crippen LogP contribution in [0, 0.1) is 12.8 Å². The van der Waals surface area contributed by atoms with E-state index in [4.69, 9.17) is 11.6 Å². The molecule has 1 saturated heterocycles. The van der Waals surface area contributed by atoms with Crippen molar-refractivity contribution in [2.24, 2.45) is 5.92 Å². The molecule has 0 unspecified atom stereocenters. The smallest absolute Gasteiger partial charge is 0.231 e. The predicted molar refractivity (Wildman–Crippen MR) is 100 cm³/mol. The number of nitrogens with one attached hydrogen (secondary N) is 1. The molecule has 24 heavy (non-hydrogen) atoms. The molecular weight excluding hydrogens is 342 g/mol. The molecule has 0 atom stereocenters. The first-order valence-corrected chi connectivity index (χ1v) is 8.96. The van der Waals surface area contributed by atoms with Crippen molar-refractivity contribution < 1.29 is 4.79 Å². The zero-order chi connectivity index (χ0) is 16.7. The van der Waals surface area contributed by atoms with Crippen molar-refractivity contribution in [3.8, 4) is 0 Å². The molecule has 2 heterocycles. The standard InChI is InChI=1S/C18H16ClN3OS/c1-11-5-6-15-16(7-11)24-18(21-15)22-9-12(10-22)17(23)20-14-4-2-3-13(19)8-14/h2-8,12H,9-10H2,1H3,(H,20,23). The number of hydrogen-bond acceptors (Lipinski definition) is 4. The summed E-state index contributed by atoms with van der Waals surface area (Å²) in [6, 6.07) is 13.5. The van der Waals surface area contributed by atoms with E-state index in [0.717, 1.165) is 16.3 Å². The topological polar surface area (TPSA) is 45.2 Å². The normalized spacial score (nSPS) is 14.7. The molecule has 2 aromatic carbocycles. The number of rotatable bonds is 3. The third-order valence-corrected chi connectivity index (χ3v) is 5.46. The number of fused-ring (bicyclic) bond motifs is 1. The van der Waals surface area contributed by atoms with Gasteiger partial charge in [0.2, 0.25) is 5.91 Å².